The van der Waals surface area contributed by atoms with Crippen molar-refractivity contribution < 1.29 is 14.3 Å². The molecule has 4 heterocycles. The molecule has 1 aliphatic heterocycles. The maximum absolute atomic E-state index is 12.9. The molecular weight excluding hydrogens is 394 g/mol. The monoisotopic (exact) mass is 411 g/mol. The van der Waals surface area contributed by atoms with Crippen LogP contribution in [0.3, 0.4) is 0 Å². The summed E-state index contributed by atoms with van der Waals surface area (Å²) in [6, 6.07) is 7.36. The van der Waals surface area contributed by atoms with E-state index in [1.165, 1.54) is 15.9 Å². The molecule has 0 saturated carbocycles. The second-order valence-corrected chi connectivity index (χ2v) is 7.96. The van der Waals surface area contributed by atoms with Gasteiger partial charge in [0.1, 0.15) is 17.1 Å². The summed E-state index contributed by atoms with van der Waals surface area (Å²) in [4.78, 5) is 30.5. The van der Waals surface area contributed by atoms with Crippen molar-refractivity contribution in [3.05, 3.63) is 50.9 Å². The van der Waals surface area contributed by atoms with Crippen molar-refractivity contribution in [2.75, 3.05) is 6.79 Å². The van der Waals surface area contributed by atoms with E-state index >= 15 is 0 Å². The van der Waals surface area contributed by atoms with Gasteiger partial charge in [0.2, 0.25) is 17.7 Å². The van der Waals surface area contributed by atoms with Crippen molar-refractivity contribution in [2.24, 2.45) is 0 Å². The van der Waals surface area contributed by atoms with E-state index in [9.17, 15) is 9.59 Å². The summed E-state index contributed by atoms with van der Waals surface area (Å²) >= 11 is 1.36. The van der Waals surface area contributed by atoms with Crippen LogP contribution < -0.4 is 20.3 Å². The third-order valence-electron chi connectivity index (χ3n) is 4.78. The number of hydrogen-bond acceptors (Lipinski definition) is 7. The Balaban J connectivity index is 1.39. The maximum Gasteiger partial charge on any atom is 0.299 e. The first-order valence-corrected chi connectivity index (χ1v) is 9.83. The Labute approximate surface area is 168 Å². The molecule has 3 aromatic heterocycles. The number of nitrogens with one attached hydrogen (secondary N) is 1. The summed E-state index contributed by atoms with van der Waals surface area (Å²) in [5.41, 5.74) is 2.37. The Morgan fingerprint density at radius 1 is 1.24 bits per heavy atom. The lowest BCUT2D eigenvalue weighted by Gasteiger charge is -2.09. The van der Waals surface area contributed by atoms with E-state index in [4.69, 9.17) is 9.47 Å². The number of nitrogens with zero attached hydrogens (tertiary/aromatic N) is 4. The van der Waals surface area contributed by atoms with Crippen molar-refractivity contribution in [3.8, 4) is 11.5 Å². The number of carbonyl (C=O) groups is 1. The van der Waals surface area contributed by atoms with Gasteiger partial charge in [-0.05, 0) is 37.6 Å². The molecule has 0 aliphatic carbocycles. The van der Waals surface area contributed by atoms with Crippen LogP contribution >= 0.6 is 11.3 Å². The van der Waals surface area contributed by atoms with Gasteiger partial charge in [-0.1, -0.05) is 17.4 Å². The Morgan fingerprint density at radius 2 is 2.07 bits per heavy atom. The van der Waals surface area contributed by atoms with E-state index in [0.717, 1.165) is 16.3 Å². The number of amides is 1. The first-order valence-electron chi connectivity index (χ1n) is 9.01. The molecule has 1 aromatic carbocycles. The molecule has 0 atom stereocenters. The van der Waals surface area contributed by atoms with E-state index in [2.05, 4.69) is 15.4 Å². The average Bonchev–Trinajstić information content (AvgIpc) is 3.37. The van der Waals surface area contributed by atoms with Crippen LogP contribution in [0.1, 0.15) is 16.3 Å². The van der Waals surface area contributed by atoms with Gasteiger partial charge >= 0.3 is 0 Å². The number of fused-ring (bicyclic) bond motifs is 3. The first kappa shape index (κ1) is 17.7. The van der Waals surface area contributed by atoms with E-state index in [1.807, 2.05) is 38.1 Å². The fourth-order valence-electron chi connectivity index (χ4n) is 3.41. The summed E-state index contributed by atoms with van der Waals surface area (Å²) in [5.74, 6) is 1.17. The number of aromatic nitrogens is 4. The molecule has 148 valence electrons. The Kier molecular flexibility index (Phi) is 4.02. The predicted molar refractivity (Wildman–Crippen MR) is 107 cm³/mol. The van der Waals surface area contributed by atoms with Crippen LogP contribution in [-0.4, -0.2) is 31.9 Å². The minimum absolute atomic E-state index is 0.0198. The van der Waals surface area contributed by atoms with Crippen LogP contribution in [0.15, 0.2) is 29.1 Å². The number of ether oxygens (including phenoxy) is 2. The zero-order valence-electron chi connectivity index (χ0n) is 15.8. The summed E-state index contributed by atoms with van der Waals surface area (Å²) in [5, 5.41) is 7.86. The van der Waals surface area contributed by atoms with Crippen LogP contribution in [-0.2, 0) is 17.9 Å². The highest BCUT2D eigenvalue weighted by Crippen LogP contribution is 2.32. The van der Waals surface area contributed by atoms with Crippen LogP contribution in [0, 0.1) is 13.8 Å². The quantitative estimate of drug-likeness (QED) is 0.549. The van der Waals surface area contributed by atoms with E-state index < -0.39 is 0 Å². The molecule has 1 amide bonds. The zero-order chi connectivity index (χ0) is 20.1. The van der Waals surface area contributed by atoms with E-state index in [1.54, 1.807) is 4.57 Å². The van der Waals surface area contributed by atoms with Gasteiger partial charge in [0, 0.05) is 12.2 Å². The number of aryl methyl sites for hydroxylation is 2. The largest absolute Gasteiger partial charge is 0.454 e. The minimum atomic E-state index is -0.272. The molecular formula is C19H17N5O4S. The fourth-order valence-corrected chi connectivity index (χ4v) is 4.15. The van der Waals surface area contributed by atoms with Crippen LogP contribution in [0.25, 0.3) is 16.0 Å². The third kappa shape index (κ3) is 3.01. The summed E-state index contributed by atoms with van der Waals surface area (Å²) in [7, 11) is 0. The molecule has 0 fully saturated rings. The van der Waals surface area contributed by atoms with E-state index in [0.29, 0.717) is 34.0 Å². The molecule has 9 nitrogen and oxygen atoms in total. The zero-order valence-corrected chi connectivity index (χ0v) is 16.6. The van der Waals surface area contributed by atoms with Crippen molar-refractivity contribution in [1.82, 2.24) is 24.5 Å². The molecule has 0 spiro atoms. The highest BCUT2D eigenvalue weighted by molar-refractivity contribution is 7.16. The number of benzene rings is 1. The molecule has 5 rings (SSSR count). The lowest BCUT2D eigenvalue weighted by Crippen LogP contribution is -2.29. The molecule has 1 aliphatic rings. The summed E-state index contributed by atoms with van der Waals surface area (Å²) in [6.07, 6.45) is 0. The minimum Gasteiger partial charge on any atom is -0.454 e. The van der Waals surface area contributed by atoms with Gasteiger partial charge in [0.05, 0.1) is 5.52 Å². The van der Waals surface area contributed by atoms with Gasteiger partial charge in [-0.15, -0.1) is 0 Å². The number of rotatable bonds is 4. The highest BCUT2D eigenvalue weighted by Gasteiger charge is 2.18. The molecule has 0 saturated heterocycles. The highest BCUT2D eigenvalue weighted by atomic mass is 32.1. The lowest BCUT2D eigenvalue weighted by atomic mass is 10.2. The summed E-state index contributed by atoms with van der Waals surface area (Å²) in [6.45, 7) is 4.25. The van der Waals surface area contributed by atoms with E-state index in [-0.39, 0.29) is 24.8 Å². The second-order valence-electron chi connectivity index (χ2n) is 6.80. The molecule has 0 unspecified atom stereocenters. The average molecular weight is 411 g/mol. The number of carbonyl (C=O) groups excluding carboxylic acids is 1. The SMILES string of the molecule is Cc1nn2c(=O)c3c(cc(C)n3CC(=O)NCc3ccc4c(c3)OCO4)nc2s1. The standard InChI is InChI=1S/C19H17N5O4S/c1-10-5-13-17(18(26)24-19(21-13)29-11(2)22-24)23(10)8-16(25)20-7-12-3-4-14-15(6-12)28-9-27-14/h3-6H,7-9H2,1-2H3,(H,20,25). The molecule has 0 radical (unpaired) electrons. The second kappa shape index (κ2) is 6.59. The van der Waals surface area contributed by atoms with Gasteiger partial charge in [-0.25, -0.2) is 4.98 Å². The first-order chi connectivity index (χ1) is 14.0. The van der Waals surface area contributed by atoms with Crippen molar-refractivity contribution in [1.29, 1.82) is 0 Å². The van der Waals surface area contributed by atoms with Gasteiger partial charge in [0.25, 0.3) is 5.56 Å². The van der Waals surface area contributed by atoms with Crippen molar-refractivity contribution in [2.45, 2.75) is 26.9 Å². The normalized spacial score (nSPS) is 12.8. The predicted octanol–water partition coefficient (Wildman–Crippen LogP) is 1.77. The Hall–Kier alpha value is -3.40. The van der Waals surface area contributed by atoms with Gasteiger partial charge in [-0.2, -0.15) is 9.61 Å². The van der Waals surface area contributed by atoms with Crippen LogP contribution in [0.4, 0.5) is 0 Å². The number of hydrogen-bond donors (Lipinski definition) is 1. The molecule has 0 bridgehead atoms. The van der Waals surface area contributed by atoms with Crippen LogP contribution in [0.2, 0.25) is 0 Å². The topological polar surface area (TPSA) is 99.8 Å². The molecule has 10 heteroatoms. The fraction of sp³-hybridized carbons (Fsp3) is 0.263. The third-order valence-corrected chi connectivity index (χ3v) is 5.61. The maximum atomic E-state index is 12.9. The molecule has 1 N–H and O–H groups in total. The Bertz CT molecular complexity index is 1340. The molecule has 29 heavy (non-hydrogen) atoms. The Morgan fingerprint density at radius 3 is 2.93 bits per heavy atom. The lowest BCUT2D eigenvalue weighted by molar-refractivity contribution is -0.121. The van der Waals surface area contributed by atoms with Crippen molar-refractivity contribution in [3.63, 3.8) is 0 Å². The van der Waals surface area contributed by atoms with Gasteiger partial charge in [-0.3, -0.25) is 9.59 Å². The smallest absolute Gasteiger partial charge is 0.299 e. The van der Waals surface area contributed by atoms with Crippen LogP contribution in [0.5, 0.6) is 11.5 Å². The summed E-state index contributed by atoms with van der Waals surface area (Å²) < 4.78 is 13.6. The molecule has 4 aromatic rings. The van der Waals surface area contributed by atoms with Gasteiger partial charge in [0.15, 0.2) is 11.5 Å². The van der Waals surface area contributed by atoms with Gasteiger partial charge < -0.3 is 19.4 Å². The van der Waals surface area contributed by atoms with Crippen molar-refractivity contribution >= 4 is 33.2 Å².